The molecular weight excluding hydrogens is 448 g/mol. The van der Waals surface area contributed by atoms with Crippen LogP contribution in [0.2, 0.25) is 5.02 Å². The van der Waals surface area contributed by atoms with Crippen LogP contribution in [0.1, 0.15) is 18.1 Å². The van der Waals surface area contributed by atoms with Gasteiger partial charge < -0.3 is 9.64 Å². The maximum atomic E-state index is 12.5. The Balaban J connectivity index is 1.75. The molecule has 1 heterocycles. The van der Waals surface area contributed by atoms with Gasteiger partial charge in [0.05, 0.1) is 5.02 Å². The van der Waals surface area contributed by atoms with E-state index < -0.39 is 0 Å². The molecule has 1 fully saturated rings. The molecule has 1 saturated heterocycles. The van der Waals surface area contributed by atoms with Crippen LogP contribution < -0.4 is 4.74 Å². The molecule has 0 aliphatic carbocycles. The first kappa shape index (κ1) is 19.9. The third-order valence-electron chi connectivity index (χ3n) is 4.23. The van der Waals surface area contributed by atoms with E-state index in [9.17, 15) is 4.79 Å². The molecule has 3 rings (SSSR count). The van der Waals surface area contributed by atoms with Gasteiger partial charge in [-0.05, 0) is 60.6 Å². The number of hydrogen-bond donors (Lipinski definition) is 0. The molecule has 0 aromatic heterocycles. The minimum atomic E-state index is -0.100. The fraction of sp³-hybridized carbons (Fsp3) is 0.200. The molecule has 4 nitrogen and oxygen atoms in total. The zero-order valence-electron chi connectivity index (χ0n) is 14.9. The second-order valence-electron chi connectivity index (χ2n) is 6.03. The summed E-state index contributed by atoms with van der Waals surface area (Å²) in [5.41, 5.74) is 2.39. The van der Waals surface area contributed by atoms with Crippen LogP contribution in [-0.2, 0) is 11.4 Å². The topological polar surface area (TPSA) is 32.8 Å². The van der Waals surface area contributed by atoms with E-state index in [1.54, 1.807) is 29.0 Å². The fourth-order valence-corrected chi connectivity index (χ4v) is 3.53. The van der Waals surface area contributed by atoms with E-state index in [0.29, 0.717) is 34.7 Å². The van der Waals surface area contributed by atoms with Gasteiger partial charge in [-0.2, -0.15) is 0 Å². The molecule has 0 spiro atoms. The van der Waals surface area contributed by atoms with Crippen LogP contribution in [-0.4, -0.2) is 34.4 Å². The Morgan fingerprint density at radius 3 is 2.52 bits per heavy atom. The van der Waals surface area contributed by atoms with Gasteiger partial charge in [0, 0.05) is 18.1 Å². The van der Waals surface area contributed by atoms with Gasteiger partial charge in [-0.15, -0.1) is 0 Å². The molecule has 0 radical (unpaired) electrons. The second-order valence-corrected chi connectivity index (χ2v) is 7.71. The van der Waals surface area contributed by atoms with Crippen LogP contribution in [0.3, 0.4) is 0 Å². The van der Waals surface area contributed by atoms with Crippen molar-refractivity contribution in [3.8, 4) is 5.75 Å². The zero-order chi connectivity index (χ0) is 19.6. The summed E-state index contributed by atoms with van der Waals surface area (Å²) in [6.07, 6.45) is 1.79. The zero-order valence-corrected chi connectivity index (χ0v) is 18.1. The van der Waals surface area contributed by atoms with E-state index in [1.165, 1.54) is 0 Å². The molecule has 140 valence electrons. The number of carbonyl (C=O) groups is 1. The number of ether oxygens (including phenoxy) is 1. The van der Waals surface area contributed by atoms with E-state index in [0.717, 1.165) is 15.6 Å². The maximum Gasteiger partial charge on any atom is 0.276 e. The highest BCUT2D eigenvalue weighted by atomic mass is 79.9. The first-order chi connectivity index (χ1) is 12.9. The van der Waals surface area contributed by atoms with E-state index in [1.807, 2.05) is 43.3 Å². The molecule has 27 heavy (non-hydrogen) atoms. The van der Waals surface area contributed by atoms with Gasteiger partial charge in [0.25, 0.3) is 5.91 Å². The molecular formula is C20H18BrClN2O2S. The van der Waals surface area contributed by atoms with E-state index >= 15 is 0 Å². The smallest absolute Gasteiger partial charge is 0.276 e. The molecule has 0 atom stereocenters. The van der Waals surface area contributed by atoms with Gasteiger partial charge in [-0.1, -0.05) is 45.7 Å². The molecule has 0 saturated carbocycles. The van der Waals surface area contributed by atoms with E-state index in [4.69, 9.17) is 28.6 Å². The van der Waals surface area contributed by atoms with Crippen LogP contribution in [0.5, 0.6) is 5.75 Å². The highest BCUT2D eigenvalue weighted by Gasteiger charge is 2.34. The van der Waals surface area contributed by atoms with Crippen molar-refractivity contribution in [2.45, 2.75) is 13.5 Å². The summed E-state index contributed by atoms with van der Waals surface area (Å²) in [6, 6.07) is 13.4. The lowest BCUT2D eigenvalue weighted by Gasteiger charge is -2.13. The lowest BCUT2D eigenvalue weighted by molar-refractivity contribution is -0.122. The molecule has 2 aromatic carbocycles. The highest BCUT2D eigenvalue weighted by molar-refractivity contribution is 9.10. The monoisotopic (exact) mass is 464 g/mol. The van der Waals surface area contributed by atoms with Gasteiger partial charge in [0.15, 0.2) is 5.11 Å². The number of halogens is 2. The van der Waals surface area contributed by atoms with E-state index in [-0.39, 0.29) is 5.91 Å². The van der Waals surface area contributed by atoms with Crippen molar-refractivity contribution in [2.24, 2.45) is 0 Å². The van der Waals surface area contributed by atoms with Crippen LogP contribution in [0.4, 0.5) is 0 Å². The third-order valence-corrected chi connectivity index (χ3v) is 5.54. The van der Waals surface area contributed by atoms with Gasteiger partial charge in [-0.25, -0.2) is 0 Å². The first-order valence-corrected chi connectivity index (χ1v) is 9.96. The van der Waals surface area contributed by atoms with Crippen molar-refractivity contribution in [3.05, 3.63) is 68.8 Å². The van der Waals surface area contributed by atoms with Crippen LogP contribution >= 0.6 is 39.7 Å². The number of hydrogen-bond acceptors (Lipinski definition) is 3. The molecule has 7 heteroatoms. The standard InChI is InChI=1S/C20H18BrClN2O2S/c1-3-24-19(25)17(23(2)20(24)27)11-14-6-9-18(16(22)10-14)26-12-13-4-7-15(21)8-5-13/h4-11H,3,12H2,1-2H3/b17-11-. The summed E-state index contributed by atoms with van der Waals surface area (Å²) in [5, 5.41) is 0.999. The SMILES string of the molecule is CCN1C(=O)/C(=C/c2ccc(OCc3ccc(Br)cc3)c(Cl)c2)N(C)C1=S. The molecule has 0 bridgehead atoms. The van der Waals surface area contributed by atoms with Crippen molar-refractivity contribution in [1.82, 2.24) is 9.80 Å². The van der Waals surface area contributed by atoms with Crippen molar-refractivity contribution in [1.29, 1.82) is 0 Å². The first-order valence-electron chi connectivity index (χ1n) is 8.38. The summed E-state index contributed by atoms with van der Waals surface area (Å²) in [6.45, 7) is 2.87. The van der Waals surface area contributed by atoms with Crippen molar-refractivity contribution in [3.63, 3.8) is 0 Å². The summed E-state index contributed by atoms with van der Waals surface area (Å²) in [4.78, 5) is 15.7. The Kier molecular flexibility index (Phi) is 6.19. The second kappa shape index (κ2) is 8.42. The fourth-order valence-electron chi connectivity index (χ4n) is 2.71. The highest BCUT2D eigenvalue weighted by Crippen LogP contribution is 2.29. The van der Waals surface area contributed by atoms with Crippen molar-refractivity contribution >= 4 is 56.8 Å². The molecule has 0 N–H and O–H groups in total. The minimum absolute atomic E-state index is 0.100. The Labute approximate surface area is 177 Å². The van der Waals surface area contributed by atoms with Crippen LogP contribution in [0.25, 0.3) is 6.08 Å². The molecule has 2 aromatic rings. The number of benzene rings is 2. The Hall–Kier alpha value is -1.89. The number of thiocarbonyl (C=S) groups is 1. The van der Waals surface area contributed by atoms with Crippen molar-refractivity contribution in [2.75, 3.05) is 13.6 Å². The van der Waals surface area contributed by atoms with Gasteiger partial charge in [0.2, 0.25) is 0 Å². The van der Waals surface area contributed by atoms with Crippen LogP contribution in [0.15, 0.2) is 52.6 Å². The average Bonchev–Trinajstić information content (AvgIpc) is 2.85. The van der Waals surface area contributed by atoms with E-state index in [2.05, 4.69) is 15.9 Å². The number of amides is 1. The average molecular weight is 466 g/mol. The lowest BCUT2D eigenvalue weighted by atomic mass is 10.1. The Morgan fingerprint density at radius 2 is 1.93 bits per heavy atom. The maximum absolute atomic E-state index is 12.5. The molecule has 1 aliphatic heterocycles. The Bertz CT molecular complexity index is 915. The van der Waals surface area contributed by atoms with Gasteiger partial charge >= 0.3 is 0 Å². The predicted molar refractivity (Wildman–Crippen MR) is 116 cm³/mol. The molecule has 0 unspecified atom stereocenters. The molecule has 1 aliphatic rings. The Morgan fingerprint density at radius 1 is 1.22 bits per heavy atom. The lowest BCUT2D eigenvalue weighted by Crippen LogP contribution is -2.30. The van der Waals surface area contributed by atoms with Crippen LogP contribution in [0, 0.1) is 0 Å². The van der Waals surface area contributed by atoms with Gasteiger partial charge in [-0.3, -0.25) is 9.69 Å². The quantitative estimate of drug-likeness (QED) is 0.454. The summed E-state index contributed by atoms with van der Waals surface area (Å²) >= 11 is 15.1. The number of carbonyl (C=O) groups excluding carboxylic acids is 1. The summed E-state index contributed by atoms with van der Waals surface area (Å²) in [5.74, 6) is 0.496. The summed E-state index contributed by atoms with van der Waals surface area (Å²) < 4.78 is 6.83. The minimum Gasteiger partial charge on any atom is -0.487 e. The number of rotatable bonds is 5. The largest absolute Gasteiger partial charge is 0.487 e. The summed E-state index contributed by atoms with van der Waals surface area (Å²) in [7, 11) is 1.79. The molecule has 1 amide bonds. The third kappa shape index (κ3) is 4.34. The van der Waals surface area contributed by atoms with Gasteiger partial charge in [0.1, 0.15) is 18.1 Å². The number of likely N-dealkylation sites (N-methyl/N-ethyl adjacent to an activating group) is 2. The number of nitrogens with zero attached hydrogens (tertiary/aromatic N) is 2. The van der Waals surface area contributed by atoms with Crippen molar-refractivity contribution < 1.29 is 9.53 Å². The predicted octanol–water partition coefficient (Wildman–Crippen LogP) is 5.10. The normalized spacial score (nSPS) is 15.8.